The van der Waals surface area contributed by atoms with Crippen LogP contribution in [0.2, 0.25) is 0 Å². The van der Waals surface area contributed by atoms with E-state index in [1.54, 1.807) is 12.4 Å². The molecule has 0 N–H and O–H groups in total. The van der Waals surface area contributed by atoms with Gasteiger partial charge in [-0.3, -0.25) is 9.97 Å². The average Bonchev–Trinajstić information content (AvgIpc) is 2.29. The van der Waals surface area contributed by atoms with Crippen LogP contribution in [-0.4, -0.2) is 9.97 Å². The molecule has 15 heavy (non-hydrogen) atoms. The monoisotopic (exact) mass is 188 g/mol. The zero-order valence-electron chi connectivity index (χ0n) is 9.51. The first-order valence-corrected chi connectivity index (χ1v) is 4.53. The van der Waals surface area contributed by atoms with Gasteiger partial charge in [-0.1, -0.05) is 24.3 Å². The van der Waals surface area contributed by atoms with Crippen molar-refractivity contribution in [2.75, 3.05) is 0 Å². The second-order valence-electron chi connectivity index (χ2n) is 3.22. The van der Waals surface area contributed by atoms with E-state index in [2.05, 4.69) is 34.2 Å². The van der Waals surface area contributed by atoms with Gasteiger partial charge in [-0.15, -0.1) is 0 Å². The summed E-state index contributed by atoms with van der Waals surface area (Å²) in [5.74, 6) is 0. The van der Waals surface area contributed by atoms with Crippen molar-refractivity contribution >= 4 is 21.8 Å². The van der Waals surface area contributed by atoms with Gasteiger partial charge < -0.3 is 1.43 Å². The number of hydrogen-bond acceptors (Lipinski definition) is 2. The topological polar surface area (TPSA) is 25.8 Å². The molecule has 3 heteroatoms. The summed E-state index contributed by atoms with van der Waals surface area (Å²) >= 11 is 0. The fourth-order valence-corrected chi connectivity index (χ4v) is 1.68. The second-order valence-corrected chi connectivity index (χ2v) is 3.22. The van der Waals surface area contributed by atoms with Crippen LogP contribution in [0.15, 0.2) is 48.8 Å². The molecule has 0 radical (unpaired) electrons. The fraction of sp³-hybridized carbons (Fsp3) is 0. The van der Waals surface area contributed by atoms with Crippen molar-refractivity contribution in [1.29, 1.82) is 0 Å². The maximum absolute atomic E-state index is 4.35. The third kappa shape index (κ3) is 1.63. The summed E-state index contributed by atoms with van der Waals surface area (Å²) in [5.41, 5.74) is 1.95. The molecule has 0 aliphatic rings. The first-order valence-electron chi connectivity index (χ1n) is 4.53. The van der Waals surface area contributed by atoms with Crippen molar-refractivity contribution in [2.24, 2.45) is 0 Å². The molecule has 0 unspecified atom stereocenters. The van der Waals surface area contributed by atoms with Crippen LogP contribution in [0.4, 0.5) is 0 Å². The first kappa shape index (κ1) is 10.2. The second kappa shape index (κ2) is 4.02. The molecule has 1 aromatic carbocycles. The summed E-state index contributed by atoms with van der Waals surface area (Å²) in [4.78, 5) is 8.69. The standard InChI is InChI=1S/C12H8N2.Li.H/c1-3-9-5-6-10-4-2-8-14-12(10)11(9)13-7-1;;/h1-8H;;/q;+1;-1. The molecule has 2 aromatic heterocycles. The number of nitrogens with zero attached hydrogens (tertiary/aromatic N) is 2. The zero-order valence-corrected chi connectivity index (χ0v) is 8.51. The predicted molar refractivity (Wildman–Crippen MR) is 58.2 cm³/mol. The molecule has 0 saturated heterocycles. The minimum atomic E-state index is 0. The van der Waals surface area contributed by atoms with Crippen LogP contribution in [0, 0.1) is 0 Å². The average molecular weight is 188 g/mol. The molecule has 0 fully saturated rings. The number of hydrogen-bond donors (Lipinski definition) is 0. The van der Waals surface area contributed by atoms with E-state index < -0.39 is 0 Å². The van der Waals surface area contributed by atoms with Gasteiger partial charge in [0.1, 0.15) is 0 Å². The van der Waals surface area contributed by atoms with Gasteiger partial charge in [-0.25, -0.2) is 0 Å². The Morgan fingerprint density at radius 1 is 0.733 bits per heavy atom. The van der Waals surface area contributed by atoms with Crippen molar-refractivity contribution in [3.63, 3.8) is 0 Å². The number of aromatic nitrogens is 2. The van der Waals surface area contributed by atoms with E-state index in [1.165, 1.54) is 0 Å². The SMILES string of the molecule is [H-].[Li+].c1cnc2c(c1)ccc1cccnc12. The number of fused-ring (bicyclic) bond motifs is 3. The van der Waals surface area contributed by atoms with Gasteiger partial charge in [0, 0.05) is 23.2 Å². The summed E-state index contributed by atoms with van der Waals surface area (Å²) in [7, 11) is 0. The fourth-order valence-electron chi connectivity index (χ4n) is 1.68. The molecule has 0 aliphatic carbocycles. The Morgan fingerprint density at radius 3 is 1.67 bits per heavy atom. The van der Waals surface area contributed by atoms with Crippen molar-refractivity contribution in [2.45, 2.75) is 0 Å². The van der Waals surface area contributed by atoms with Crippen molar-refractivity contribution in [3.05, 3.63) is 48.8 Å². The van der Waals surface area contributed by atoms with Gasteiger partial charge in [-0.05, 0) is 12.1 Å². The Kier molecular flexibility index (Phi) is 2.72. The van der Waals surface area contributed by atoms with Crippen LogP contribution in [0.3, 0.4) is 0 Å². The van der Waals surface area contributed by atoms with Crippen molar-refractivity contribution in [3.8, 4) is 0 Å². The summed E-state index contributed by atoms with van der Waals surface area (Å²) < 4.78 is 0. The minimum Gasteiger partial charge on any atom is -1.00 e. The third-order valence-corrected chi connectivity index (χ3v) is 2.34. The molecule has 0 spiro atoms. The molecule has 0 saturated carbocycles. The van der Waals surface area contributed by atoms with Gasteiger partial charge in [0.15, 0.2) is 0 Å². The molecule has 2 nitrogen and oxygen atoms in total. The van der Waals surface area contributed by atoms with E-state index in [0.717, 1.165) is 21.8 Å². The van der Waals surface area contributed by atoms with Crippen LogP contribution in [-0.2, 0) is 0 Å². The van der Waals surface area contributed by atoms with Crippen LogP contribution in [0.5, 0.6) is 0 Å². The number of rotatable bonds is 0. The van der Waals surface area contributed by atoms with Gasteiger partial charge in [0.25, 0.3) is 0 Å². The Labute approximate surface area is 101 Å². The van der Waals surface area contributed by atoms with Crippen LogP contribution >= 0.6 is 0 Å². The van der Waals surface area contributed by atoms with Gasteiger partial charge in [-0.2, -0.15) is 0 Å². The molecule has 68 valence electrons. The molecule has 3 aromatic rings. The van der Waals surface area contributed by atoms with Gasteiger partial charge in [0.2, 0.25) is 0 Å². The number of benzene rings is 1. The molecule has 0 aliphatic heterocycles. The smallest absolute Gasteiger partial charge is 1.00 e. The zero-order chi connectivity index (χ0) is 9.38. The van der Waals surface area contributed by atoms with E-state index in [0.29, 0.717) is 0 Å². The maximum Gasteiger partial charge on any atom is 1.00 e. The molecule has 2 heterocycles. The Balaban J connectivity index is 0.000000640. The summed E-state index contributed by atoms with van der Waals surface area (Å²) in [6.45, 7) is 0. The quantitative estimate of drug-likeness (QED) is 0.363. The largest absolute Gasteiger partial charge is 1.00 e. The Morgan fingerprint density at radius 2 is 1.20 bits per heavy atom. The normalized spacial score (nSPS) is 10.1. The van der Waals surface area contributed by atoms with E-state index >= 15 is 0 Å². The van der Waals surface area contributed by atoms with Crippen LogP contribution in [0.1, 0.15) is 1.43 Å². The van der Waals surface area contributed by atoms with E-state index in [4.69, 9.17) is 0 Å². The Hall–Kier alpha value is -1.36. The van der Waals surface area contributed by atoms with E-state index in [9.17, 15) is 0 Å². The Bertz CT molecular complexity index is 558. The third-order valence-electron chi connectivity index (χ3n) is 2.34. The van der Waals surface area contributed by atoms with Gasteiger partial charge in [0.05, 0.1) is 11.0 Å². The van der Waals surface area contributed by atoms with Crippen LogP contribution in [0.25, 0.3) is 21.8 Å². The summed E-state index contributed by atoms with van der Waals surface area (Å²) in [5, 5.41) is 2.28. The number of pyridine rings is 2. The molecule has 0 amide bonds. The first-order chi connectivity index (χ1) is 6.95. The minimum absolute atomic E-state index is 0. The molecule has 3 rings (SSSR count). The maximum atomic E-state index is 4.35. The summed E-state index contributed by atoms with van der Waals surface area (Å²) in [6.07, 6.45) is 3.60. The molecule has 0 bridgehead atoms. The van der Waals surface area contributed by atoms with Crippen molar-refractivity contribution in [1.82, 2.24) is 9.97 Å². The molecular formula is C12H9LiN2. The van der Waals surface area contributed by atoms with E-state index in [1.807, 2.05) is 12.1 Å². The van der Waals surface area contributed by atoms with Gasteiger partial charge >= 0.3 is 18.9 Å². The summed E-state index contributed by atoms with van der Waals surface area (Å²) in [6, 6.07) is 12.1. The van der Waals surface area contributed by atoms with E-state index in [-0.39, 0.29) is 20.3 Å². The predicted octanol–water partition coefficient (Wildman–Crippen LogP) is -0.101. The molecule has 0 atom stereocenters. The van der Waals surface area contributed by atoms with Crippen molar-refractivity contribution < 1.29 is 20.3 Å². The molecular weight excluding hydrogens is 179 g/mol. The van der Waals surface area contributed by atoms with Crippen LogP contribution < -0.4 is 18.9 Å².